The molecule has 5 heteroatoms. The number of hydrogen-bond acceptors (Lipinski definition) is 2. The molecule has 1 aliphatic heterocycles. The molecular formula is C12H20N2O3. The lowest BCUT2D eigenvalue weighted by molar-refractivity contribution is -0.141. The Labute approximate surface area is 101 Å². The first-order valence-corrected chi connectivity index (χ1v) is 6.02. The van der Waals surface area contributed by atoms with Crippen LogP contribution in [-0.2, 0) is 4.79 Å². The lowest BCUT2D eigenvalue weighted by atomic mass is 10.1. The van der Waals surface area contributed by atoms with Gasteiger partial charge in [-0.25, -0.2) is 4.79 Å². The fraction of sp³-hybridized carbons (Fsp3) is 0.667. The molecule has 0 aromatic heterocycles. The molecule has 1 unspecified atom stereocenters. The molecule has 0 fully saturated rings. The summed E-state index contributed by atoms with van der Waals surface area (Å²) < 4.78 is 0. The number of carboxylic acids is 1. The predicted octanol–water partition coefficient (Wildman–Crippen LogP) is 1.46. The number of aliphatic carboxylic acids is 1. The zero-order valence-electron chi connectivity index (χ0n) is 10.2. The largest absolute Gasteiger partial charge is 0.481 e. The SMILES string of the molecule is CC(CCCNC(=O)N1CC=CCC1)C(=O)O. The molecular weight excluding hydrogens is 220 g/mol. The minimum absolute atomic E-state index is 0.0580. The van der Waals surface area contributed by atoms with Crippen LogP contribution in [0.3, 0.4) is 0 Å². The summed E-state index contributed by atoms with van der Waals surface area (Å²) in [5, 5.41) is 11.5. The number of carboxylic acid groups (broad SMARTS) is 1. The minimum atomic E-state index is -0.780. The van der Waals surface area contributed by atoms with Crippen molar-refractivity contribution in [3.8, 4) is 0 Å². The molecule has 2 amide bonds. The van der Waals surface area contributed by atoms with Gasteiger partial charge in [0.05, 0.1) is 5.92 Å². The number of carbonyl (C=O) groups is 2. The van der Waals surface area contributed by atoms with Gasteiger partial charge in [-0.2, -0.15) is 0 Å². The van der Waals surface area contributed by atoms with Crippen molar-refractivity contribution in [3.63, 3.8) is 0 Å². The Morgan fingerprint density at radius 1 is 1.47 bits per heavy atom. The maximum Gasteiger partial charge on any atom is 0.317 e. The van der Waals surface area contributed by atoms with Crippen LogP contribution in [0.15, 0.2) is 12.2 Å². The molecule has 1 aliphatic rings. The molecule has 0 saturated heterocycles. The van der Waals surface area contributed by atoms with Crippen LogP contribution >= 0.6 is 0 Å². The number of hydrogen-bond donors (Lipinski definition) is 2. The molecule has 0 radical (unpaired) electrons. The normalized spacial score (nSPS) is 16.6. The molecule has 0 aromatic carbocycles. The number of nitrogens with one attached hydrogen (secondary N) is 1. The average molecular weight is 240 g/mol. The van der Waals surface area contributed by atoms with Crippen molar-refractivity contribution in [2.75, 3.05) is 19.6 Å². The Bertz CT molecular complexity index is 302. The van der Waals surface area contributed by atoms with Gasteiger partial charge in [-0.3, -0.25) is 4.79 Å². The van der Waals surface area contributed by atoms with Crippen molar-refractivity contribution in [2.24, 2.45) is 5.92 Å². The molecule has 1 heterocycles. The summed E-state index contributed by atoms with van der Waals surface area (Å²) in [7, 11) is 0. The molecule has 0 spiro atoms. The van der Waals surface area contributed by atoms with E-state index in [1.165, 1.54) is 0 Å². The molecule has 96 valence electrons. The summed E-state index contributed by atoms with van der Waals surface area (Å²) in [6.07, 6.45) is 6.25. The van der Waals surface area contributed by atoms with Gasteiger partial charge in [-0.05, 0) is 19.3 Å². The average Bonchev–Trinajstić information content (AvgIpc) is 2.35. The van der Waals surface area contributed by atoms with E-state index in [0.717, 1.165) is 13.0 Å². The van der Waals surface area contributed by atoms with Crippen LogP contribution in [0, 0.1) is 5.92 Å². The number of amides is 2. The van der Waals surface area contributed by atoms with Gasteiger partial charge in [0.1, 0.15) is 0 Å². The molecule has 0 bridgehead atoms. The third kappa shape index (κ3) is 4.89. The Hall–Kier alpha value is -1.52. The topological polar surface area (TPSA) is 69.6 Å². The Kier molecular flexibility index (Phi) is 5.52. The van der Waals surface area contributed by atoms with Gasteiger partial charge in [0.2, 0.25) is 0 Å². The first-order valence-electron chi connectivity index (χ1n) is 6.02. The van der Waals surface area contributed by atoms with Gasteiger partial charge in [0, 0.05) is 19.6 Å². The van der Waals surface area contributed by atoms with Crippen LogP contribution in [-0.4, -0.2) is 41.6 Å². The number of rotatable bonds is 5. The zero-order valence-corrected chi connectivity index (χ0v) is 10.2. The van der Waals surface area contributed by atoms with E-state index < -0.39 is 5.97 Å². The van der Waals surface area contributed by atoms with E-state index in [0.29, 0.717) is 25.9 Å². The van der Waals surface area contributed by atoms with Gasteiger partial charge in [-0.1, -0.05) is 19.1 Å². The molecule has 17 heavy (non-hydrogen) atoms. The van der Waals surface area contributed by atoms with E-state index >= 15 is 0 Å². The summed E-state index contributed by atoms with van der Waals surface area (Å²) in [4.78, 5) is 24.0. The third-order valence-electron chi connectivity index (χ3n) is 2.86. The highest BCUT2D eigenvalue weighted by Crippen LogP contribution is 2.05. The number of nitrogens with zero attached hydrogens (tertiary/aromatic N) is 1. The highest BCUT2D eigenvalue weighted by Gasteiger charge is 2.13. The van der Waals surface area contributed by atoms with Crippen LogP contribution in [0.1, 0.15) is 26.2 Å². The smallest absolute Gasteiger partial charge is 0.317 e. The lowest BCUT2D eigenvalue weighted by Gasteiger charge is -2.23. The van der Waals surface area contributed by atoms with Gasteiger partial charge < -0.3 is 15.3 Å². The highest BCUT2D eigenvalue weighted by atomic mass is 16.4. The summed E-state index contributed by atoms with van der Waals surface area (Å²) >= 11 is 0. The highest BCUT2D eigenvalue weighted by molar-refractivity contribution is 5.74. The van der Waals surface area contributed by atoms with Crippen LogP contribution in [0.25, 0.3) is 0 Å². The molecule has 0 saturated carbocycles. The van der Waals surface area contributed by atoms with E-state index in [4.69, 9.17) is 5.11 Å². The second kappa shape index (κ2) is 6.93. The van der Waals surface area contributed by atoms with Crippen molar-refractivity contribution in [1.29, 1.82) is 0 Å². The summed E-state index contributed by atoms with van der Waals surface area (Å²) in [6, 6.07) is -0.0580. The van der Waals surface area contributed by atoms with Gasteiger partial charge in [0.15, 0.2) is 0 Å². The van der Waals surface area contributed by atoms with Crippen molar-refractivity contribution in [3.05, 3.63) is 12.2 Å². The number of carbonyl (C=O) groups excluding carboxylic acids is 1. The zero-order chi connectivity index (χ0) is 12.7. The Balaban J connectivity index is 2.12. The number of urea groups is 1. The van der Waals surface area contributed by atoms with E-state index in [2.05, 4.69) is 11.4 Å². The monoisotopic (exact) mass is 240 g/mol. The molecule has 2 N–H and O–H groups in total. The van der Waals surface area contributed by atoms with E-state index in [1.54, 1.807) is 11.8 Å². The van der Waals surface area contributed by atoms with Crippen LogP contribution in [0.5, 0.6) is 0 Å². The standard InChI is InChI=1S/C12H20N2O3/c1-10(11(15)16)6-5-7-13-12(17)14-8-3-2-4-9-14/h2-3,10H,4-9H2,1H3,(H,13,17)(H,15,16). The fourth-order valence-corrected chi connectivity index (χ4v) is 1.66. The van der Waals surface area contributed by atoms with Crippen molar-refractivity contribution < 1.29 is 14.7 Å². The third-order valence-corrected chi connectivity index (χ3v) is 2.86. The molecule has 0 aliphatic carbocycles. The first-order chi connectivity index (χ1) is 8.11. The molecule has 5 nitrogen and oxygen atoms in total. The van der Waals surface area contributed by atoms with Crippen LogP contribution in [0.4, 0.5) is 4.79 Å². The maximum absolute atomic E-state index is 11.6. The molecule has 1 rings (SSSR count). The van der Waals surface area contributed by atoms with Gasteiger partial charge in [-0.15, -0.1) is 0 Å². The van der Waals surface area contributed by atoms with Crippen molar-refractivity contribution in [2.45, 2.75) is 26.2 Å². The minimum Gasteiger partial charge on any atom is -0.481 e. The quantitative estimate of drug-likeness (QED) is 0.564. The van der Waals surface area contributed by atoms with Crippen molar-refractivity contribution >= 4 is 12.0 Å². The van der Waals surface area contributed by atoms with E-state index in [9.17, 15) is 9.59 Å². The summed E-state index contributed by atoms with van der Waals surface area (Å²) in [5.41, 5.74) is 0. The van der Waals surface area contributed by atoms with Crippen LogP contribution in [0.2, 0.25) is 0 Å². The van der Waals surface area contributed by atoms with E-state index in [1.807, 2.05) is 6.08 Å². The van der Waals surface area contributed by atoms with Gasteiger partial charge >= 0.3 is 12.0 Å². The summed E-state index contributed by atoms with van der Waals surface area (Å²) in [5.74, 6) is -1.12. The summed E-state index contributed by atoms with van der Waals surface area (Å²) in [6.45, 7) is 3.64. The lowest BCUT2D eigenvalue weighted by Crippen LogP contribution is -2.42. The predicted molar refractivity (Wildman–Crippen MR) is 64.8 cm³/mol. The Morgan fingerprint density at radius 2 is 2.24 bits per heavy atom. The Morgan fingerprint density at radius 3 is 2.82 bits per heavy atom. The van der Waals surface area contributed by atoms with E-state index in [-0.39, 0.29) is 11.9 Å². The molecule has 1 atom stereocenters. The first kappa shape index (κ1) is 13.5. The van der Waals surface area contributed by atoms with Crippen LogP contribution < -0.4 is 5.32 Å². The van der Waals surface area contributed by atoms with Crippen molar-refractivity contribution in [1.82, 2.24) is 10.2 Å². The second-order valence-corrected chi connectivity index (χ2v) is 4.32. The second-order valence-electron chi connectivity index (χ2n) is 4.32. The maximum atomic E-state index is 11.6. The van der Waals surface area contributed by atoms with Gasteiger partial charge in [0.25, 0.3) is 0 Å². The fourth-order valence-electron chi connectivity index (χ4n) is 1.66. The molecule has 0 aromatic rings.